The molecule has 1 aliphatic carbocycles. The molecule has 1 fully saturated rings. The van der Waals surface area contributed by atoms with Gasteiger partial charge in [0.1, 0.15) is 12.4 Å². The third kappa shape index (κ3) is 4.55. The summed E-state index contributed by atoms with van der Waals surface area (Å²) >= 11 is 6.28. The Morgan fingerprint density at radius 2 is 2.03 bits per heavy atom. The van der Waals surface area contributed by atoms with Gasteiger partial charge in [-0.3, -0.25) is 4.79 Å². The van der Waals surface area contributed by atoms with Crippen molar-refractivity contribution in [3.63, 3.8) is 0 Å². The molecule has 1 aliphatic rings. The van der Waals surface area contributed by atoms with Crippen molar-refractivity contribution in [2.24, 2.45) is 5.10 Å². The molecule has 2 aromatic carbocycles. The zero-order valence-corrected chi connectivity index (χ0v) is 18.8. The van der Waals surface area contributed by atoms with Gasteiger partial charge in [-0.2, -0.15) is 9.78 Å². The van der Waals surface area contributed by atoms with Gasteiger partial charge in [-0.05, 0) is 31.0 Å². The first-order valence-corrected chi connectivity index (χ1v) is 11.2. The summed E-state index contributed by atoms with van der Waals surface area (Å²) in [7, 11) is 1.55. The van der Waals surface area contributed by atoms with Crippen molar-refractivity contribution in [2.45, 2.75) is 38.0 Å². The average molecular weight is 452 g/mol. The molecule has 32 heavy (non-hydrogen) atoms. The van der Waals surface area contributed by atoms with Gasteiger partial charge in [-0.1, -0.05) is 55.7 Å². The zero-order chi connectivity index (χ0) is 22.5. The second kappa shape index (κ2) is 10.0. The molecule has 1 aromatic heterocycles. The maximum absolute atomic E-state index is 13.4. The molecule has 166 valence electrons. The van der Waals surface area contributed by atoms with Gasteiger partial charge in [0.15, 0.2) is 11.5 Å². The minimum Gasteiger partial charge on any atom is -0.493 e. The molecule has 0 spiro atoms. The van der Waals surface area contributed by atoms with Gasteiger partial charge in [0, 0.05) is 22.6 Å². The summed E-state index contributed by atoms with van der Waals surface area (Å²) in [5.41, 5.74) is 1.12. The lowest BCUT2D eigenvalue weighted by Gasteiger charge is -2.22. The molecular formula is C25H26ClN3O3. The highest BCUT2D eigenvalue weighted by Crippen LogP contribution is 2.34. The fourth-order valence-electron chi connectivity index (χ4n) is 4.13. The second-order valence-corrected chi connectivity index (χ2v) is 8.25. The molecule has 6 nitrogen and oxygen atoms in total. The molecule has 4 rings (SSSR count). The van der Waals surface area contributed by atoms with E-state index in [1.165, 1.54) is 11.1 Å². The number of hydrogen-bond donors (Lipinski definition) is 0. The first-order chi connectivity index (χ1) is 15.6. The van der Waals surface area contributed by atoms with Crippen molar-refractivity contribution < 1.29 is 9.47 Å². The Bertz CT molecular complexity index is 1210. The van der Waals surface area contributed by atoms with Crippen LogP contribution >= 0.6 is 11.6 Å². The van der Waals surface area contributed by atoms with Crippen molar-refractivity contribution in [1.29, 1.82) is 0 Å². The van der Waals surface area contributed by atoms with E-state index in [4.69, 9.17) is 26.1 Å². The van der Waals surface area contributed by atoms with Crippen LogP contribution in [0.2, 0.25) is 5.02 Å². The average Bonchev–Trinajstić information content (AvgIpc) is 2.82. The normalized spacial score (nSPS) is 14.7. The number of methoxy groups -OCH3 is 1. The van der Waals surface area contributed by atoms with Crippen LogP contribution in [0.25, 0.3) is 10.9 Å². The van der Waals surface area contributed by atoms with Crippen LogP contribution in [0.5, 0.6) is 11.5 Å². The van der Waals surface area contributed by atoms with Crippen LogP contribution in [0, 0.1) is 0 Å². The van der Waals surface area contributed by atoms with Gasteiger partial charge in [0.25, 0.3) is 5.56 Å². The number of hydrogen-bond acceptors (Lipinski definition) is 5. The summed E-state index contributed by atoms with van der Waals surface area (Å²) in [6, 6.07) is 10.8. The van der Waals surface area contributed by atoms with Gasteiger partial charge in [-0.15, -0.1) is 0 Å². The minimum atomic E-state index is -0.185. The Morgan fingerprint density at radius 1 is 1.25 bits per heavy atom. The summed E-state index contributed by atoms with van der Waals surface area (Å²) in [5.74, 6) is 1.87. The van der Waals surface area contributed by atoms with E-state index in [0.29, 0.717) is 45.4 Å². The smallest absolute Gasteiger partial charge is 0.282 e. The van der Waals surface area contributed by atoms with Crippen LogP contribution in [-0.4, -0.2) is 29.6 Å². The van der Waals surface area contributed by atoms with E-state index >= 15 is 0 Å². The Morgan fingerprint density at radius 3 is 2.78 bits per heavy atom. The molecule has 0 aliphatic heterocycles. The van der Waals surface area contributed by atoms with Gasteiger partial charge < -0.3 is 9.47 Å². The summed E-state index contributed by atoms with van der Waals surface area (Å²) in [6.07, 6.45) is 8.69. The Labute approximate surface area is 192 Å². The lowest BCUT2D eigenvalue weighted by atomic mass is 9.88. The maximum atomic E-state index is 13.4. The number of para-hydroxylation sites is 1. The topological polar surface area (TPSA) is 65.7 Å². The Balaban J connectivity index is 1.85. The third-order valence-electron chi connectivity index (χ3n) is 5.68. The van der Waals surface area contributed by atoms with Gasteiger partial charge >= 0.3 is 0 Å². The molecule has 0 bridgehead atoms. The number of ether oxygens (including phenoxy) is 2. The highest BCUT2D eigenvalue weighted by molar-refractivity contribution is 6.31. The summed E-state index contributed by atoms with van der Waals surface area (Å²) in [6.45, 7) is 3.99. The molecule has 1 saturated carbocycles. The quantitative estimate of drug-likeness (QED) is 0.348. The van der Waals surface area contributed by atoms with Crippen molar-refractivity contribution in [3.05, 3.63) is 75.8 Å². The fourth-order valence-corrected chi connectivity index (χ4v) is 4.35. The first-order valence-electron chi connectivity index (χ1n) is 10.8. The number of halogens is 1. The molecule has 0 N–H and O–H groups in total. The van der Waals surface area contributed by atoms with Gasteiger partial charge in [0.2, 0.25) is 0 Å². The summed E-state index contributed by atoms with van der Waals surface area (Å²) in [5, 5.41) is 5.60. The van der Waals surface area contributed by atoms with E-state index in [1.54, 1.807) is 37.6 Å². The van der Waals surface area contributed by atoms with Crippen molar-refractivity contribution in [2.75, 3.05) is 13.7 Å². The van der Waals surface area contributed by atoms with Crippen LogP contribution < -0.4 is 15.0 Å². The Kier molecular flexibility index (Phi) is 6.90. The number of rotatable bonds is 7. The van der Waals surface area contributed by atoms with Crippen LogP contribution in [0.15, 0.2) is 58.9 Å². The Hall–Kier alpha value is -3.12. The van der Waals surface area contributed by atoms with Gasteiger partial charge in [0.05, 0.1) is 24.2 Å². The van der Waals surface area contributed by atoms with Crippen LogP contribution in [0.3, 0.4) is 0 Å². The molecule has 1 heterocycles. The molecule has 0 amide bonds. The molecular weight excluding hydrogens is 426 g/mol. The molecule has 0 saturated heterocycles. The van der Waals surface area contributed by atoms with Crippen molar-refractivity contribution in [3.8, 4) is 11.5 Å². The van der Waals surface area contributed by atoms with E-state index in [1.807, 2.05) is 18.2 Å². The monoisotopic (exact) mass is 451 g/mol. The van der Waals surface area contributed by atoms with E-state index in [2.05, 4.69) is 11.7 Å². The molecule has 7 heteroatoms. The standard InChI is InChI=1S/C25H26ClN3O3/c1-3-13-32-23-18(14-19(26)15-22(23)31-2)16-27-29-24(17-9-5-4-6-10-17)28-21-12-8-7-11-20(21)25(29)30/h3,7-8,11-12,14-17H,1,4-6,9-10,13H2,2H3. The molecule has 0 atom stereocenters. The van der Waals surface area contributed by atoms with Crippen molar-refractivity contribution in [1.82, 2.24) is 9.66 Å². The lowest BCUT2D eigenvalue weighted by molar-refractivity contribution is 0.326. The van der Waals surface area contributed by atoms with Crippen LogP contribution in [0.4, 0.5) is 0 Å². The maximum Gasteiger partial charge on any atom is 0.282 e. The molecule has 3 aromatic rings. The number of fused-ring (bicyclic) bond motifs is 1. The van der Waals surface area contributed by atoms with Crippen LogP contribution in [-0.2, 0) is 0 Å². The van der Waals surface area contributed by atoms with E-state index < -0.39 is 0 Å². The zero-order valence-electron chi connectivity index (χ0n) is 18.1. The van der Waals surface area contributed by atoms with E-state index in [0.717, 1.165) is 25.7 Å². The van der Waals surface area contributed by atoms with E-state index in [-0.39, 0.29) is 11.5 Å². The predicted molar refractivity (Wildman–Crippen MR) is 129 cm³/mol. The SMILES string of the molecule is C=CCOc1c(C=Nn2c(C3CCCCC3)nc3ccccc3c2=O)cc(Cl)cc1OC. The first kappa shape index (κ1) is 22.1. The molecule has 0 radical (unpaired) electrons. The minimum absolute atomic E-state index is 0.185. The number of benzene rings is 2. The highest BCUT2D eigenvalue weighted by atomic mass is 35.5. The highest BCUT2D eigenvalue weighted by Gasteiger charge is 2.22. The summed E-state index contributed by atoms with van der Waals surface area (Å²) in [4.78, 5) is 18.2. The fraction of sp³-hybridized carbons (Fsp3) is 0.320. The largest absolute Gasteiger partial charge is 0.493 e. The van der Waals surface area contributed by atoms with Gasteiger partial charge in [-0.25, -0.2) is 4.98 Å². The second-order valence-electron chi connectivity index (χ2n) is 7.81. The lowest BCUT2D eigenvalue weighted by Crippen LogP contribution is -2.25. The molecule has 0 unspecified atom stereocenters. The van der Waals surface area contributed by atoms with Crippen LogP contribution in [0.1, 0.15) is 49.4 Å². The third-order valence-corrected chi connectivity index (χ3v) is 5.89. The summed E-state index contributed by atoms with van der Waals surface area (Å²) < 4.78 is 12.7. The van der Waals surface area contributed by atoms with Crippen molar-refractivity contribution >= 4 is 28.7 Å². The number of aromatic nitrogens is 2. The van der Waals surface area contributed by atoms with E-state index in [9.17, 15) is 4.79 Å². The predicted octanol–water partition coefficient (Wildman–Crippen LogP) is 5.55. The number of nitrogens with zero attached hydrogens (tertiary/aromatic N) is 3.